The van der Waals surface area contributed by atoms with Crippen LogP contribution in [-0.2, 0) is 4.74 Å². The first-order valence-corrected chi connectivity index (χ1v) is 7.60. The minimum absolute atomic E-state index is 0.0443. The third-order valence-electron chi connectivity index (χ3n) is 4.09. The van der Waals surface area contributed by atoms with Crippen LogP contribution >= 0.6 is 0 Å². The zero-order valence-corrected chi connectivity index (χ0v) is 13.1. The van der Waals surface area contributed by atoms with Crippen molar-refractivity contribution in [2.75, 3.05) is 26.2 Å². The molecule has 6 heteroatoms. The molecule has 2 fully saturated rings. The molecule has 2 rings (SSSR count). The van der Waals surface area contributed by atoms with Gasteiger partial charge in [0.25, 0.3) is 0 Å². The Labute approximate surface area is 126 Å². The third kappa shape index (κ3) is 4.08. The average molecular weight is 295 g/mol. The molecular formula is C15H25N3O3. The molecule has 0 aromatic carbocycles. The second-order valence-corrected chi connectivity index (χ2v) is 6.96. The Morgan fingerprint density at radius 2 is 1.90 bits per heavy atom. The highest BCUT2D eigenvalue weighted by Crippen LogP contribution is 2.24. The zero-order chi connectivity index (χ0) is 15.6. The van der Waals surface area contributed by atoms with Gasteiger partial charge in [-0.3, -0.25) is 4.90 Å². The fourth-order valence-corrected chi connectivity index (χ4v) is 2.96. The highest BCUT2D eigenvalue weighted by atomic mass is 16.6. The lowest BCUT2D eigenvalue weighted by atomic mass is 9.97. The molecule has 2 atom stereocenters. The Morgan fingerprint density at radius 1 is 1.29 bits per heavy atom. The maximum absolute atomic E-state index is 12.1. The van der Waals surface area contributed by atoms with Crippen LogP contribution in [0.25, 0.3) is 0 Å². The first kappa shape index (κ1) is 16.1. The number of nitriles is 1. The minimum atomic E-state index is -0.545. The molecule has 2 aliphatic rings. The summed E-state index contributed by atoms with van der Waals surface area (Å²) in [5.74, 6) is 0.127. The van der Waals surface area contributed by atoms with E-state index in [2.05, 4.69) is 11.0 Å². The molecule has 0 unspecified atom stereocenters. The lowest BCUT2D eigenvalue weighted by molar-refractivity contribution is 0.0268. The molecule has 6 nitrogen and oxygen atoms in total. The Kier molecular flexibility index (Phi) is 4.74. The molecule has 2 heterocycles. The van der Waals surface area contributed by atoms with Gasteiger partial charge in [0.2, 0.25) is 0 Å². The number of aliphatic hydroxyl groups is 1. The maximum atomic E-state index is 12.1. The summed E-state index contributed by atoms with van der Waals surface area (Å²) >= 11 is 0. The van der Waals surface area contributed by atoms with Gasteiger partial charge in [0.15, 0.2) is 0 Å². The number of rotatable bonds is 1. The van der Waals surface area contributed by atoms with E-state index >= 15 is 0 Å². The van der Waals surface area contributed by atoms with E-state index in [9.17, 15) is 9.90 Å². The van der Waals surface area contributed by atoms with Crippen LogP contribution < -0.4 is 0 Å². The van der Waals surface area contributed by atoms with Crippen molar-refractivity contribution in [2.24, 2.45) is 5.92 Å². The van der Waals surface area contributed by atoms with Gasteiger partial charge in [-0.25, -0.2) is 4.79 Å². The number of likely N-dealkylation sites (tertiary alicyclic amines) is 2. The fourth-order valence-electron chi connectivity index (χ4n) is 2.96. The molecule has 0 radical (unpaired) electrons. The van der Waals surface area contributed by atoms with Crippen LogP contribution in [0.5, 0.6) is 0 Å². The summed E-state index contributed by atoms with van der Waals surface area (Å²) in [5.41, 5.74) is -0.523. The third-order valence-corrected chi connectivity index (χ3v) is 4.09. The van der Waals surface area contributed by atoms with Crippen LogP contribution in [-0.4, -0.2) is 64.9 Å². The number of piperidine rings is 1. The van der Waals surface area contributed by atoms with Crippen LogP contribution in [0.3, 0.4) is 0 Å². The number of amides is 1. The fraction of sp³-hybridized carbons (Fsp3) is 0.867. The molecule has 2 aliphatic heterocycles. The molecule has 21 heavy (non-hydrogen) atoms. The Hall–Kier alpha value is -1.32. The zero-order valence-electron chi connectivity index (χ0n) is 13.1. The number of carbonyl (C=O) groups is 1. The number of ether oxygens (including phenoxy) is 1. The summed E-state index contributed by atoms with van der Waals surface area (Å²) < 4.78 is 5.35. The van der Waals surface area contributed by atoms with Crippen molar-refractivity contribution in [3.8, 4) is 6.07 Å². The molecule has 0 aromatic rings. The van der Waals surface area contributed by atoms with Gasteiger partial charge in [0.1, 0.15) is 5.60 Å². The summed E-state index contributed by atoms with van der Waals surface area (Å²) in [7, 11) is 0. The highest BCUT2D eigenvalue weighted by molar-refractivity contribution is 5.68. The number of aliphatic hydroxyl groups excluding tert-OH is 1. The van der Waals surface area contributed by atoms with Gasteiger partial charge >= 0.3 is 6.09 Å². The van der Waals surface area contributed by atoms with Gasteiger partial charge in [0, 0.05) is 12.5 Å². The van der Waals surface area contributed by atoms with Crippen molar-refractivity contribution in [3.05, 3.63) is 0 Å². The van der Waals surface area contributed by atoms with Crippen molar-refractivity contribution < 1.29 is 14.6 Å². The van der Waals surface area contributed by atoms with Gasteiger partial charge in [0.05, 0.1) is 24.8 Å². The molecule has 2 saturated heterocycles. The SMILES string of the molecule is CC(C)(C)OC(=O)N1C[C@@H](O)[C@H](N2CCC(C#N)CC2)C1. The predicted molar refractivity (Wildman–Crippen MR) is 77.5 cm³/mol. The van der Waals surface area contributed by atoms with Gasteiger partial charge in [-0.2, -0.15) is 5.26 Å². The van der Waals surface area contributed by atoms with E-state index in [-0.39, 0.29) is 18.1 Å². The number of carbonyl (C=O) groups excluding carboxylic acids is 1. The average Bonchev–Trinajstić information content (AvgIpc) is 2.79. The van der Waals surface area contributed by atoms with Crippen molar-refractivity contribution >= 4 is 6.09 Å². The molecule has 118 valence electrons. The van der Waals surface area contributed by atoms with Crippen LogP contribution in [0.1, 0.15) is 33.6 Å². The number of hydrogen-bond donors (Lipinski definition) is 1. The van der Waals surface area contributed by atoms with Crippen molar-refractivity contribution in [3.63, 3.8) is 0 Å². The molecule has 0 bridgehead atoms. The lowest BCUT2D eigenvalue weighted by Crippen LogP contribution is -2.47. The second-order valence-electron chi connectivity index (χ2n) is 6.96. The first-order chi connectivity index (χ1) is 9.80. The summed E-state index contributed by atoms with van der Waals surface area (Å²) in [6.45, 7) is 7.93. The van der Waals surface area contributed by atoms with E-state index in [1.807, 2.05) is 20.8 Å². The second kappa shape index (κ2) is 6.20. The topological polar surface area (TPSA) is 76.8 Å². The number of hydrogen-bond acceptors (Lipinski definition) is 5. The Bertz CT molecular complexity index is 419. The maximum Gasteiger partial charge on any atom is 0.410 e. The number of nitrogens with zero attached hydrogens (tertiary/aromatic N) is 3. The first-order valence-electron chi connectivity index (χ1n) is 7.60. The van der Waals surface area contributed by atoms with Crippen molar-refractivity contribution in [2.45, 2.75) is 51.4 Å². The van der Waals surface area contributed by atoms with Crippen molar-refractivity contribution in [1.29, 1.82) is 5.26 Å². The number of β-amino-alcohol motifs (C(OH)–C–C–N with tert-alkyl or cyclic N) is 1. The normalized spacial score (nSPS) is 28.4. The highest BCUT2D eigenvalue weighted by Gasteiger charge is 2.40. The van der Waals surface area contributed by atoms with Gasteiger partial charge in [-0.1, -0.05) is 0 Å². The van der Waals surface area contributed by atoms with Crippen molar-refractivity contribution in [1.82, 2.24) is 9.80 Å². The van der Waals surface area contributed by atoms with E-state index in [1.165, 1.54) is 0 Å². The molecule has 1 N–H and O–H groups in total. The van der Waals surface area contributed by atoms with Crippen LogP contribution in [0.15, 0.2) is 0 Å². The van der Waals surface area contributed by atoms with E-state index in [1.54, 1.807) is 4.90 Å². The quantitative estimate of drug-likeness (QED) is 0.786. The largest absolute Gasteiger partial charge is 0.444 e. The van der Waals surface area contributed by atoms with Gasteiger partial charge in [-0.05, 0) is 46.7 Å². The van der Waals surface area contributed by atoms with E-state index in [0.29, 0.717) is 13.1 Å². The summed E-state index contributed by atoms with van der Waals surface area (Å²) in [5, 5.41) is 19.2. The summed E-state index contributed by atoms with van der Waals surface area (Å²) in [4.78, 5) is 15.8. The van der Waals surface area contributed by atoms with Gasteiger partial charge in [-0.15, -0.1) is 0 Å². The molecule has 0 aliphatic carbocycles. The molecule has 0 aromatic heterocycles. The monoisotopic (exact) mass is 295 g/mol. The molecular weight excluding hydrogens is 270 g/mol. The standard InChI is InChI=1S/C15H25N3O3/c1-15(2,3)21-14(20)18-9-12(13(19)10-18)17-6-4-11(8-16)5-7-17/h11-13,19H,4-7,9-10H2,1-3H3/t12-,13-/m1/s1. The van der Waals surface area contributed by atoms with E-state index < -0.39 is 11.7 Å². The predicted octanol–water partition coefficient (Wildman–Crippen LogP) is 1.20. The summed E-state index contributed by atoms with van der Waals surface area (Å²) in [6.07, 6.45) is 0.769. The Morgan fingerprint density at radius 3 is 2.43 bits per heavy atom. The Balaban J connectivity index is 1.90. The molecule has 0 spiro atoms. The van der Waals surface area contributed by atoms with Crippen LogP contribution in [0.4, 0.5) is 4.79 Å². The lowest BCUT2D eigenvalue weighted by Gasteiger charge is -2.35. The smallest absolute Gasteiger partial charge is 0.410 e. The van der Waals surface area contributed by atoms with Gasteiger partial charge < -0.3 is 14.7 Å². The molecule has 1 amide bonds. The summed E-state index contributed by atoms with van der Waals surface area (Å²) in [6, 6.07) is 2.26. The van der Waals surface area contributed by atoms with E-state index in [0.717, 1.165) is 25.9 Å². The van der Waals surface area contributed by atoms with E-state index in [4.69, 9.17) is 10.00 Å². The van der Waals surface area contributed by atoms with Crippen LogP contribution in [0.2, 0.25) is 0 Å². The van der Waals surface area contributed by atoms with Crippen LogP contribution in [0, 0.1) is 17.2 Å². The minimum Gasteiger partial charge on any atom is -0.444 e. The molecule has 0 saturated carbocycles.